The summed E-state index contributed by atoms with van der Waals surface area (Å²) in [7, 11) is 1.18. The van der Waals surface area contributed by atoms with E-state index in [0.717, 1.165) is 10.4 Å². The van der Waals surface area contributed by atoms with E-state index in [2.05, 4.69) is 27.5 Å². The maximum atomic E-state index is 16.3. The number of imide groups is 1. The molecule has 340 valence electrons. The Morgan fingerprint density at radius 2 is 1.57 bits per heavy atom. The molecule has 0 radical (unpaired) electrons. The number of rotatable bonds is 11. The molecule has 9 rings (SSSR count). The number of esters is 2. The smallest absolute Gasteiger partial charge is 0.329 e. The van der Waals surface area contributed by atoms with E-state index in [1.165, 1.54) is 13.2 Å². The third-order valence-electron chi connectivity index (χ3n) is 12.8. The number of urea groups is 1. The molecule has 0 saturated carbocycles. The molecule has 2 saturated heterocycles. The number of fused-ring (bicyclic) bond motifs is 4. The second-order valence-corrected chi connectivity index (χ2v) is 16.8. The van der Waals surface area contributed by atoms with Gasteiger partial charge in [-0.25, -0.2) is 19.2 Å². The number of aliphatic hydroxyl groups excluding tert-OH is 1. The van der Waals surface area contributed by atoms with Crippen LogP contribution in [0.2, 0.25) is 0 Å². The zero-order chi connectivity index (χ0) is 47.0. The van der Waals surface area contributed by atoms with Gasteiger partial charge in [-0.3, -0.25) is 19.3 Å². The molecule has 1 aromatic heterocycles. The van der Waals surface area contributed by atoms with E-state index in [0.29, 0.717) is 27.8 Å². The molecule has 0 unspecified atom stereocenters. The van der Waals surface area contributed by atoms with Gasteiger partial charge in [0, 0.05) is 11.1 Å². The van der Waals surface area contributed by atoms with Crippen molar-refractivity contribution in [3.05, 3.63) is 155 Å². The summed E-state index contributed by atoms with van der Waals surface area (Å²) in [6.07, 6.45) is -1.02. The number of aliphatic hydroxyl groups is 1. The zero-order valence-electron chi connectivity index (χ0n) is 36.7. The van der Waals surface area contributed by atoms with Crippen LogP contribution in [0.3, 0.4) is 0 Å². The number of carboxylic acid groups (broad SMARTS) is 1. The van der Waals surface area contributed by atoms with Gasteiger partial charge in [0.25, 0.3) is 0 Å². The van der Waals surface area contributed by atoms with E-state index >= 15 is 9.59 Å². The van der Waals surface area contributed by atoms with E-state index < -0.39 is 77.4 Å². The Bertz CT molecular complexity index is 2950. The van der Waals surface area contributed by atoms with Crippen molar-refractivity contribution in [1.82, 2.24) is 25.2 Å². The summed E-state index contributed by atoms with van der Waals surface area (Å²) >= 11 is 0. The van der Waals surface area contributed by atoms with E-state index in [1.807, 2.05) is 72.8 Å². The molecule has 16 heteroatoms. The van der Waals surface area contributed by atoms with Gasteiger partial charge in [-0.15, -0.1) is 5.10 Å². The van der Waals surface area contributed by atoms with Gasteiger partial charge < -0.3 is 29.7 Å². The number of cyclic esters (lactones) is 1. The van der Waals surface area contributed by atoms with Crippen molar-refractivity contribution in [1.29, 1.82) is 0 Å². The monoisotopic (exact) mass is 902 g/mol. The summed E-state index contributed by atoms with van der Waals surface area (Å²) in [6, 6.07) is 30.9. The summed E-state index contributed by atoms with van der Waals surface area (Å²) < 4.78 is 19.2. The topological polar surface area (TPSA) is 203 Å². The number of ether oxygens (including phenoxy) is 3. The molecule has 5 aromatic carbocycles. The summed E-state index contributed by atoms with van der Waals surface area (Å²) in [5, 5.41) is 32.9. The highest BCUT2D eigenvalue weighted by atomic mass is 16.6. The molecule has 16 nitrogen and oxygen atoms in total. The number of para-hydroxylation sites is 2. The molecule has 3 aliphatic heterocycles. The van der Waals surface area contributed by atoms with Crippen LogP contribution in [0, 0.1) is 23.7 Å². The van der Waals surface area contributed by atoms with Crippen LogP contribution in [0.1, 0.15) is 59.9 Å². The van der Waals surface area contributed by atoms with Crippen molar-refractivity contribution in [2.45, 2.75) is 56.1 Å². The van der Waals surface area contributed by atoms with Crippen molar-refractivity contribution in [3.8, 4) is 17.6 Å². The number of hydrogen-bond acceptors (Lipinski definition) is 12. The number of benzene rings is 5. The Labute approximate surface area is 385 Å². The first-order chi connectivity index (χ1) is 32.5. The SMILES string of the molecule is COC(=O)[C@@H](NC(=O)N1C(=O)[C@@]2(c3cc(C#CCn4nnc5ccccc54)ccc31)[C@H](c1ccccc1OCCO)N1[C@H](c3ccccc3)[C@H](c3ccccc3)OC(=O)[C@H]1[C@@H]2C(=O)O)C(C)C. The number of methoxy groups -OCH3 is 1. The van der Waals surface area contributed by atoms with Crippen LogP contribution in [-0.4, -0.2) is 92.4 Å². The van der Waals surface area contributed by atoms with Crippen molar-refractivity contribution < 1.29 is 48.4 Å². The van der Waals surface area contributed by atoms with Crippen molar-refractivity contribution in [2.24, 2.45) is 11.8 Å². The van der Waals surface area contributed by atoms with Gasteiger partial charge >= 0.3 is 23.9 Å². The number of aromatic nitrogens is 3. The first-order valence-electron chi connectivity index (χ1n) is 21.8. The largest absolute Gasteiger partial charge is 0.491 e. The van der Waals surface area contributed by atoms with Crippen molar-refractivity contribution in [2.75, 3.05) is 25.2 Å². The van der Waals surface area contributed by atoms with Gasteiger partial charge in [-0.05, 0) is 59.0 Å². The van der Waals surface area contributed by atoms with Crippen LogP contribution in [0.25, 0.3) is 11.0 Å². The van der Waals surface area contributed by atoms with E-state index in [-0.39, 0.29) is 36.8 Å². The molecule has 2 fully saturated rings. The van der Waals surface area contributed by atoms with Gasteiger partial charge in [-0.2, -0.15) is 0 Å². The van der Waals surface area contributed by atoms with Crippen LogP contribution in [0.4, 0.5) is 10.5 Å². The number of carbonyl (C=O) groups is 5. The standard InChI is InChI=1S/C51H46N6O10/c1-30(2)41(47(61)65-3)52-50(64)56-37-25-24-31(15-14-26-55-38-22-12-11-21-36(38)53-54-55)29-35(37)51(49(56)63)40(46(59)60)43-48(62)67-44(33-18-8-5-9-19-33)42(32-16-6-4-7-17-32)57(43)45(51)34-20-10-13-23-39(34)66-28-27-58/h4-13,16-25,29-30,40-45,58H,26-28H2,1-3H3,(H,52,64)(H,59,60)/t40-,41+,42-,43-,44+,45+,51-/m1/s1. The third-order valence-corrected chi connectivity index (χ3v) is 12.8. The molecule has 67 heavy (non-hydrogen) atoms. The predicted octanol–water partition coefficient (Wildman–Crippen LogP) is 5.51. The lowest BCUT2D eigenvalue weighted by Gasteiger charge is -2.46. The summed E-state index contributed by atoms with van der Waals surface area (Å²) in [6.45, 7) is 2.98. The Balaban J connectivity index is 1.32. The third kappa shape index (κ3) is 7.51. The predicted molar refractivity (Wildman–Crippen MR) is 242 cm³/mol. The zero-order valence-corrected chi connectivity index (χ0v) is 36.7. The van der Waals surface area contributed by atoms with Crippen LogP contribution >= 0.6 is 0 Å². The fraction of sp³-hybridized carbons (Fsp3) is 0.275. The van der Waals surface area contributed by atoms with E-state index in [1.54, 1.807) is 72.0 Å². The Kier molecular flexibility index (Phi) is 12.0. The molecule has 4 heterocycles. The quantitative estimate of drug-likeness (QED) is 0.109. The van der Waals surface area contributed by atoms with Gasteiger partial charge in [0.15, 0.2) is 0 Å². The minimum Gasteiger partial charge on any atom is -0.491 e. The number of morpholine rings is 1. The van der Waals surface area contributed by atoms with Gasteiger partial charge in [0.1, 0.15) is 53.9 Å². The molecule has 3 aliphatic rings. The lowest BCUT2D eigenvalue weighted by molar-refractivity contribution is -0.179. The lowest BCUT2D eigenvalue weighted by atomic mass is 9.65. The van der Waals surface area contributed by atoms with Gasteiger partial charge in [0.2, 0.25) is 5.91 Å². The molecule has 0 bridgehead atoms. The molecule has 6 aromatic rings. The molecule has 1 spiro atoms. The van der Waals surface area contributed by atoms with Crippen LogP contribution in [0.15, 0.2) is 127 Å². The highest BCUT2D eigenvalue weighted by molar-refractivity contribution is 6.25. The minimum atomic E-state index is -2.31. The minimum absolute atomic E-state index is 0.0109. The summed E-state index contributed by atoms with van der Waals surface area (Å²) in [5.41, 5.74) is 1.15. The first-order valence-corrected chi connectivity index (χ1v) is 21.8. The fourth-order valence-electron chi connectivity index (χ4n) is 10.0. The maximum absolute atomic E-state index is 16.3. The number of amides is 3. The Morgan fingerprint density at radius 1 is 0.881 bits per heavy atom. The van der Waals surface area contributed by atoms with Gasteiger partial charge in [-0.1, -0.05) is 122 Å². The number of carboxylic acids is 1. The molecule has 3 amide bonds. The second-order valence-electron chi connectivity index (χ2n) is 16.8. The summed E-state index contributed by atoms with van der Waals surface area (Å²) in [4.78, 5) is 76.2. The molecular weight excluding hydrogens is 857 g/mol. The first kappa shape index (κ1) is 44.3. The normalized spacial score (nSPS) is 22.4. The number of aliphatic carboxylic acids is 1. The van der Waals surface area contributed by atoms with Crippen molar-refractivity contribution >= 4 is 46.6 Å². The van der Waals surface area contributed by atoms with Crippen molar-refractivity contribution in [3.63, 3.8) is 0 Å². The van der Waals surface area contributed by atoms with Gasteiger partial charge in [0.05, 0.1) is 37.0 Å². The average molecular weight is 903 g/mol. The summed E-state index contributed by atoms with van der Waals surface area (Å²) in [5.74, 6) is -0.0794. The number of nitrogens with one attached hydrogen (secondary N) is 1. The number of carbonyl (C=O) groups excluding carboxylic acids is 4. The Morgan fingerprint density at radius 3 is 2.27 bits per heavy atom. The van der Waals surface area contributed by atoms with Crippen LogP contribution < -0.4 is 15.0 Å². The highest BCUT2D eigenvalue weighted by Crippen LogP contribution is 2.66. The highest BCUT2D eigenvalue weighted by Gasteiger charge is 2.76. The van der Waals surface area contributed by atoms with E-state index in [9.17, 15) is 24.6 Å². The number of nitrogens with zero attached hydrogens (tertiary/aromatic N) is 5. The molecule has 3 N–H and O–H groups in total. The molecule has 0 aliphatic carbocycles. The average Bonchev–Trinajstić information content (AvgIpc) is 3.98. The molecular formula is C51H46N6O10. The maximum Gasteiger partial charge on any atom is 0.329 e. The van der Waals surface area contributed by atoms with Crippen LogP contribution in [-0.2, 0) is 40.6 Å². The Hall–Kier alpha value is -7.87. The second kappa shape index (κ2) is 18.2. The van der Waals surface area contributed by atoms with E-state index in [4.69, 9.17) is 14.2 Å². The lowest BCUT2D eigenvalue weighted by Crippen LogP contribution is -2.56. The van der Waals surface area contributed by atoms with Crippen LogP contribution in [0.5, 0.6) is 5.75 Å². The number of hydrogen-bond donors (Lipinski definition) is 3. The fourth-order valence-corrected chi connectivity index (χ4v) is 10.0. The molecule has 7 atom stereocenters. The number of anilines is 1.